The Hall–Kier alpha value is -2.18. The Morgan fingerprint density at radius 2 is 1.79 bits per heavy atom. The summed E-state index contributed by atoms with van der Waals surface area (Å²) in [5, 5.41) is 4.45. The van der Waals surface area contributed by atoms with Gasteiger partial charge in [0.15, 0.2) is 5.11 Å². The van der Waals surface area contributed by atoms with Gasteiger partial charge in [0.2, 0.25) is 0 Å². The highest BCUT2D eigenvalue weighted by Crippen LogP contribution is 2.43. The number of aromatic nitrogens is 2. The Morgan fingerprint density at radius 3 is 2.52 bits per heavy atom. The van der Waals surface area contributed by atoms with Gasteiger partial charge in [-0.05, 0) is 73.6 Å². The molecule has 0 bridgehead atoms. The van der Waals surface area contributed by atoms with Crippen LogP contribution < -0.4 is 5.32 Å². The van der Waals surface area contributed by atoms with Crippen LogP contribution in [-0.4, -0.2) is 25.6 Å². The zero-order chi connectivity index (χ0) is 19.8. The zero-order valence-electron chi connectivity index (χ0n) is 16.0. The van der Waals surface area contributed by atoms with Gasteiger partial charge in [0.25, 0.3) is 0 Å². The molecule has 1 aliphatic heterocycles. The predicted octanol–water partition coefficient (Wildman–Crippen LogP) is 5.55. The molecule has 1 aliphatic carbocycles. The summed E-state index contributed by atoms with van der Waals surface area (Å²) >= 11 is 9.40. The van der Waals surface area contributed by atoms with E-state index < -0.39 is 0 Å². The highest BCUT2D eigenvalue weighted by Gasteiger charge is 2.44. The molecule has 0 radical (unpaired) electrons. The quantitative estimate of drug-likeness (QED) is 0.510. The summed E-state index contributed by atoms with van der Waals surface area (Å²) in [6.45, 7) is 0. The molecule has 29 heavy (non-hydrogen) atoms. The van der Waals surface area contributed by atoms with Crippen LogP contribution in [0.1, 0.15) is 49.2 Å². The van der Waals surface area contributed by atoms with E-state index in [2.05, 4.69) is 90.4 Å². The van der Waals surface area contributed by atoms with E-state index in [1.54, 1.807) is 0 Å². The van der Waals surface area contributed by atoms with Crippen LogP contribution in [-0.2, 0) is 0 Å². The van der Waals surface area contributed by atoms with Crippen molar-refractivity contribution >= 4 is 33.3 Å². The van der Waals surface area contributed by atoms with E-state index in [0.29, 0.717) is 6.04 Å². The smallest absolute Gasteiger partial charge is 0.170 e. The van der Waals surface area contributed by atoms with Gasteiger partial charge in [-0.15, -0.1) is 0 Å². The first kappa shape index (κ1) is 18.8. The summed E-state index contributed by atoms with van der Waals surface area (Å²) in [6.07, 6.45) is 8.96. The van der Waals surface area contributed by atoms with Crippen LogP contribution in [0.3, 0.4) is 0 Å². The molecular weight excluding hydrogens is 444 g/mol. The van der Waals surface area contributed by atoms with E-state index in [-0.39, 0.29) is 12.1 Å². The van der Waals surface area contributed by atoms with Crippen LogP contribution >= 0.6 is 28.1 Å². The Bertz CT molecular complexity index is 995. The fraction of sp³-hybridized carbons (Fsp3) is 0.304. The van der Waals surface area contributed by atoms with Gasteiger partial charge in [-0.25, -0.2) is 0 Å². The molecule has 2 aromatic heterocycles. The summed E-state index contributed by atoms with van der Waals surface area (Å²) in [4.78, 5) is 7.12. The zero-order valence-corrected chi connectivity index (χ0v) is 18.4. The minimum absolute atomic E-state index is 0.0356. The highest BCUT2D eigenvalue weighted by atomic mass is 79.9. The van der Waals surface area contributed by atoms with Crippen LogP contribution in [0.15, 0.2) is 71.5 Å². The first-order valence-electron chi connectivity index (χ1n) is 10.2. The second kappa shape index (κ2) is 7.92. The number of nitrogens with zero attached hydrogens (tertiary/aromatic N) is 3. The molecule has 148 valence electrons. The number of pyridine rings is 1. The Morgan fingerprint density at radius 1 is 1.00 bits per heavy atom. The van der Waals surface area contributed by atoms with Crippen molar-refractivity contribution < 1.29 is 0 Å². The topological polar surface area (TPSA) is 33.1 Å². The van der Waals surface area contributed by atoms with Crippen molar-refractivity contribution in [1.82, 2.24) is 19.8 Å². The number of rotatable bonds is 4. The van der Waals surface area contributed by atoms with Gasteiger partial charge in [0, 0.05) is 34.3 Å². The monoisotopic (exact) mass is 466 g/mol. The van der Waals surface area contributed by atoms with Crippen LogP contribution in [0.25, 0.3) is 5.69 Å². The molecule has 3 heterocycles. The lowest BCUT2D eigenvalue weighted by molar-refractivity contribution is 0.239. The summed E-state index contributed by atoms with van der Waals surface area (Å²) in [7, 11) is 0. The molecule has 1 saturated carbocycles. The van der Waals surface area contributed by atoms with Gasteiger partial charge in [0.1, 0.15) is 0 Å². The maximum atomic E-state index is 5.85. The Labute approximate surface area is 185 Å². The molecule has 0 spiro atoms. The van der Waals surface area contributed by atoms with Crippen molar-refractivity contribution in [2.24, 2.45) is 0 Å². The maximum absolute atomic E-state index is 5.85. The maximum Gasteiger partial charge on any atom is 0.170 e. The molecule has 2 fully saturated rings. The lowest BCUT2D eigenvalue weighted by atomic mass is 9.99. The molecule has 6 heteroatoms. The van der Waals surface area contributed by atoms with E-state index in [4.69, 9.17) is 12.2 Å². The first-order valence-corrected chi connectivity index (χ1v) is 11.4. The molecule has 0 amide bonds. The molecule has 4 nitrogen and oxygen atoms in total. The number of benzene rings is 1. The summed E-state index contributed by atoms with van der Waals surface area (Å²) in [6, 6.07) is 19.5. The second-order valence-electron chi connectivity index (χ2n) is 7.75. The average molecular weight is 467 g/mol. The number of thiocarbonyl (C=S) groups is 1. The van der Waals surface area contributed by atoms with Gasteiger partial charge in [-0.1, -0.05) is 34.8 Å². The van der Waals surface area contributed by atoms with Gasteiger partial charge >= 0.3 is 0 Å². The third kappa shape index (κ3) is 3.49. The average Bonchev–Trinajstić information content (AvgIpc) is 3.48. The third-order valence-corrected chi connectivity index (χ3v) is 6.90. The summed E-state index contributed by atoms with van der Waals surface area (Å²) in [5.74, 6) is 0. The van der Waals surface area contributed by atoms with Crippen LogP contribution in [0.2, 0.25) is 0 Å². The molecule has 2 atom stereocenters. The van der Waals surface area contributed by atoms with Crippen LogP contribution in [0.4, 0.5) is 0 Å². The number of hydrogen-bond donors (Lipinski definition) is 1. The van der Waals surface area contributed by atoms with Crippen molar-refractivity contribution in [3.63, 3.8) is 0 Å². The molecule has 5 rings (SSSR count). The van der Waals surface area contributed by atoms with Crippen LogP contribution in [0, 0.1) is 0 Å². The van der Waals surface area contributed by atoms with Crippen LogP contribution in [0.5, 0.6) is 0 Å². The molecule has 1 saturated heterocycles. The van der Waals surface area contributed by atoms with E-state index in [0.717, 1.165) is 21.0 Å². The van der Waals surface area contributed by atoms with Crippen molar-refractivity contribution in [2.45, 2.75) is 43.8 Å². The van der Waals surface area contributed by atoms with Crippen molar-refractivity contribution in [2.75, 3.05) is 0 Å². The number of hydrogen-bond acceptors (Lipinski definition) is 2. The molecule has 2 aliphatic rings. The highest BCUT2D eigenvalue weighted by molar-refractivity contribution is 9.10. The lowest BCUT2D eigenvalue weighted by Gasteiger charge is -2.33. The van der Waals surface area contributed by atoms with E-state index in [1.807, 2.05) is 12.3 Å². The van der Waals surface area contributed by atoms with Crippen molar-refractivity contribution in [3.05, 3.63) is 82.9 Å². The van der Waals surface area contributed by atoms with Gasteiger partial charge in [-0.2, -0.15) is 0 Å². The van der Waals surface area contributed by atoms with E-state index >= 15 is 0 Å². The SMILES string of the molecule is S=C1N[C@H](c2ccccn2)[C@H](c2cccn2-c2ccc(Br)cc2)N1C1CCCC1. The molecule has 1 N–H and O–H groups in total. The second-order valence-corrected chi connectivity index (χ2v) is 9.05. The normalized spacial score (nSPS) is 22.2. The molecule has 3 aromatic rings. The van der Waals surface area contributed by atoms with Crippen molar-refractivity contribution in [3.8, 4) is 5.69 Å². The predicted molar refractivity (Wildman–Crippen MR) is 123 cm³/mol. The summed E-state index contributed by atoms with van der Waals surface area (Å²) < 4.78 is 3.36. The fourth-order valence-corrected chi connectivity index (χ4v) is 5.38. The number of nitrogens with one attached hydrogen (secondary N) is 1. The first-order chi connectivity index (χ1) is 14.2. The van der Waals surface area contributed by atoms with Gasteiger partial charge in [0.05, 0.1) is 17.8 Å². The largest absolute Gasteiger partial charge is 0.352 e. The van der Waals surface area contributed by atoms with Gasteiger partial charge < -0.3 is 14.8 Å². The lowest BCUT2D eigenvalue weighted by Crippen LogP contribution is -2.38. The minimum Gasteiger partial charge on any atom is -0.352 e. The number of halogens is 1. The van der Waals surface area contributed by atoms with E-state index in [1.165, 1.54) is 31.4 Å². The van der Waals surface area contributed by atoms with E-state index in [9.17, 15) is 0 Å². The minimum atomic E-state index is 0.0356. The molecule has 0 unspecified atom stereocenters. The third-order valence-electron chi connectivity index (χ3n) is 6.04. The fourth-order valence-electron chi connectivity index (χ4n) is 4.73. The Kier molecular flexibility index (Phi) is 5.14. The van der Waals surface area contributed by atoms with Gasteiger partial charge in [-0.3, -0.25) is 4.98 Å². The summed E-state index contributed by atoms with van der Waals surface area (Å²) in [5.41, 5.74) is 3.42. The molecule has 1 aromatic carbocycles. The Balaban J connectivity index is 1.61. The standard InChI is InChI=1S/C23H23BrN4S/c24-16-10-12-17(13-11-16)27-15-5-9-20(27)22-21(19-8-3-4-14-25-19)26-23(29)28(22)18-6-1-2-7-18/h3-5,8-15,18,21-22H,1-2,6-7H2,(H,26,29)/t21-,22+/m1/s1. The molecular formula is C23H23BrN4S. The van der Waals surface area contributed by atoms with Crippen molar-refractivity contribution in [1.29, 1.82) is 0 Å².